The molecule has 0 amide bonds. The van der Waals surface area contributed by atoms with Gasteiger partial charge >= 0.3 is 0 Å². The van der Waals surface area contributed by atoms with Crippen LogP contribution in [0.3, 0.4) is 0 Å². The van der Waals surface area contributed by atoms with Gasteiger partial charge in [-0.15, -0.1) is 0 Å². The summed E-state index contributed by atoms with van der Waals surface area (Å²) in [5.41, 5.74) is 0.0348. The number of pyridine rings is 1. The largest absolute Gasteiger partial charge is 0.387 e. The highest BCUT2D eigenvalue weighted by Crippen LogP contribution is 2.39. The highest BCUT2D eigenvalue weighted by Gasteiger charge is 2.46. The van der Waals surface area contributed by atoms with Crippen molar-refractivity contribution in [2.75, 3.05) is 46.8 Å². The number of alkyl halides is 2. The molecular weight excluding hydrogens is 538 g/mol. The van der Waals surface area contributed by atoms with E-state index >= 15 is 0 Å². The Morgan fingerprint density at radius 3 is 2.58 bits per heavy atom. The average Bonchev–Trinajstić information content (AvgIpc) is 2.88. The van der Waals surface area contributed by atoms with Crippen molar-refractivity contribution in [1.82, 2.24) is 15.0 Å². The number of piperidine rings is 1. The molecule has 2 fully saturated rings. The maximum Gasteiger partial charge on any atom is 0.227 e. The zero-order chi connectivity index (χ0) is 29.0. The summed E-state index contributed by atoms with van der Waals surface area (Å²) in [4.78, 5) is 16.9. The lowest BCUT2D eigenvalue weighted by Crippen LogP contribution is -2.59. The Bertz CT molecular complexity index is 1520. The molecule has 0 spiro atoms. The van der Waals surface area contributed by atoms with Crippen LogP contribution < -0.4 is 15.1 Å². The van der Waals surface area contributed by atoms with Crippen LogP contribution in [-0.2, 0) is 9.84 Å². The smallest absolute Gasteiger partial charge is 0.227 e. The van der Waals surface area contributed by atoms with Gasteiger partial charge in [-0.3, -0.25) is 0 Å². The first kappa shape index (κ1) is 28.4. The lowest BCUT2D eigenvalue weighted by molar-refractivity contribution is -0.0545. The summed E-state index contributed by atoms with van der Waals surface area (Å²) in [5, 5.41) is 15.0. The number of anilines is 4. The van der Waals surface area contributed by atoms with Crippen molar-refractivity contribution in [3.8, 4) is 0 Å². The number of nitrogens with one attached hydrogen (secondary N) is 1. The van der Waals surface area contributed by atoms with Gasteiger partial charge in [0.1, 0.15) is 33.7 Å². The Labute approximate surface area is 233 Å². The van der Waals surface area contributed by atoms with Gasteiger partial charge in [0.05, 0.1) is 18.8 Å². The standard InChI is InChI=1S/C28H36F2N6O3S/c1-16(2)19-6-7-23(36-12-18(17(36)3)14-40(5,38)39)21-11-32-25(10-20(19)21)33-24-8-9-31-27(34-24)35-13-22(29)26(37)28(4,30)15-35/h6-11,16-18,22,26,37H,12-15H2,1-5H3,(H,31,32,33,34)/t17-,18-,22-,26-,28-/m1/s1. The Morgan fingerprint density at radius 2 is 1.93 bits per heavy atom. The number of aromatic nitrogens is 3. The van der Waals surface area contributed by atoms with Crippen molar-refractivity contribution in [2.45, 2.75) is 57.6 Å². The molecule has 5 atom stereocenters. The molecule has 0 radical (unpaired) electrons. The van der Waals surface area contributed by atoms with E-state index < -0.39 is 27.8 Å². The average molecular weight is 575 g/mol. The second-order valence-electron chi connectivity index (χ2n) is 11.7. The van der Waals surface area contributed by atoms with E-state index in [0.717, 1.165) is 22.0 Å². The van der Waals surface area contributed by atoms with E-state index in [-0.39, 0.29) is 42.7 Å². The van der Waals surface area contributed by atoms with Crippen LogP contribution in [-0.4, -0.2) is 84.1 Å². The third-order valence-corrected chi connectivity index (χ3v) is 9.03. The number of hydrogen-bond acceptors (Lipinski definition) is 9. The Balaban J connectivity index is 1.42. The summed E-state index contributed by atoms with van der Waals surface area (Å²) in [6.45, 7) is 7.70. The summed E-state index contributed by atoms with van der Waals surface area (Å²) < 4.78 is 52.7. The summed E-state index contributed by atoms with van der Waals surface area (Å²) in [7, 11) is -3.05. The summed E-state index contributed by atoms with van der Waals surface area (Å²) >= 11 is 0. The molecule has 2 aliphatic rings. The minimum absolute atomic E-state index is 0.0850. The van der Waals surface area contributed by atoms with Crippen LogP contribution in [0.5, 0.6) is 0 Å². The van der Waals surface area contributed by atoms with Gasteiger partial charge < -0.3 is 20.2 Å². The second kappa shape index (κ2) is 10.4. The van der Waals surface area contributed by atoms with Gasteiger partial charge in [-0.2, -0.15) is 4.98 Å². The minimum Gasteiger partial charge on any atom is -0.387 e. The summed E-state index contributed by atoms with van der Waals surface area (Å²) in [6.07, 6.45) is 1.14. The summed E-state index contributed by atoms with van der Waals surface area (Å²) in [5.74, 6) is 1.64. The van der Waals surface area contributed by atoms with Crippen LogP contribution in [0.25, 0.3) is 10.8 Å². The Morgan fingerprint density at radius 1 is 1.18 bits per heavy atom. The van der Waals surface area contributed by atoms with Gasteiger partial charge in [0.25, 0.3) is 0 Å². The maximum atomic E-state index is 14.7. The number of benzene rings is 1. The van der Waals surface area contributed by atoms with Gasteiger partial charge in [0, 0.05) is 48.2 Å². The molecule has 216 valence electrons. The number of aliphatic hydroxyl groups is 1. The van der Waals surface area contributed by atoms with Gasteiger partial charge in [0.15, 0.2) is 5.67 Å². The van der Waals surface area contributed by atoms with E-state index in [1.165, 1.54) is 24.3 Å². The highest BCUT2D eigenvalue weighted by molar-refractivity contribution is 7.90. The van der Waals surface area contributed by atoms with Gasteiger partial charge in [-0.05, 0) is 48.9 Å². The van der Waals surface area contributed by atoms with Crippen LogP contribution in [0, 0.1) is 5.92 Å². The van der Waals surface area contributed by atoms with Crippen LogP contribution in [0.1, 0.15) is 39.2 Å². The van der Waals surface area contributed by atoms with E-state index in [2.05, 4.69) is 58.1 Å². The van der Waals surface area contributed by atoms with Crippen LogP contribution in [0.4, 0.5) is 32.1 Å². The quantitative estimate of drug-likeness (QED) is 0.432. The van der Waals surface area contributed by atoms with E-state index in [1.807, 2.05) is 12.3 Å². The molecule has 2 aliphatic heterocycles. The molecule has 4 heterocycles. The van der Waals surface area contributed by atoms with Crippen LogP contribution in [0.15, 0.2) is 36.7 Å². The lowest BCUT2D eigenvalue weighted by Gasteiger charge is -2.48. The molecular formula is C28H36F2N6O3S. The zero-order valence-electron chi connectivity index (χ0n) is 23.3. The van der Waals surface area contributed by atoms with Crippen molar-refractivity contribution >= 4 is 43.9 Å². The third kappa shape index (κ3) is 5.56. The number of nitrogens with zero attached hydrogens (tertiary/aromatic N) is 5. The molecule has 1 aromatic carbocycles. The van der Waals surface area contributed by atoms with Crippen molar-refractivity contribution < 1.29 is 22.3 Å². The molecule has 5 rings (SSSR count). The monoisotopic (exact) mass is 574 g/mol. The first-order valence-electron chi connectivity index (χ1n) is 13.5. The third-order valence-electron chi connectivity index (χ3n) is 8.00. The number of sulfone groups is 1. The predicted molar refractivity (Wildman–Crippen MR) is 154 cm³/mol. The highest BCUT2D eigenvalue weighted by atomic mass is 32.2. The molecule has 2 saturated heterocycles. The van der Waals surface area contributed by atoms with Crippen molar-refractivity contribution in [2.24, 2.45) is 5.92 Å². The van der Waals surface area contributed by atoms with E-state index in [9.17, 15) is 22.3 Å². The Hall–Kier alpha value is -3.12. The van der Waals surface area contributed by atoms with E-state index in [0.29, 0.717) is 18.2 Å². The molecule has 3 aromatic rings. The fourth-order valence-electron chi connectivity index (χ4n) is 5.73. The molecule has 0 aliphatic carbocycles. The molecule has 12 heteroatoms. The fraction of sp³-hybridized carbons (Fsp3) is 0.536. The predicted octanol–water partition coefficient (Wildman–Crippen LogP) is 4.01. The van der Waals surface area contributed by atoms with E-state index in [1.54, 1.807) is 6.07 Å². The van der Waals surface area contributed by atoms with E-state index in [4.69, 9.17) is 0 Å². The molecule has 0 bridgehead atoms. The number of rotatable bonds is 7. The van der Waals surface area contributed by atoms with Gasteiger partial charge in [-0.25, -0.2) is 27.2 Å². The normalized spacial score (nSPS) is 27.2. The number of fused-ring (bicyclic) bond motifs is 1. The molecule has 0 saturated carbocycles. The molecule has 9 nitrogen and oxygen atoms in total. The first-order valence-corrected chi connectivity index (χ1v) is 15.5. The number of halogens is 2. The van der Waals surface area contributed by atoms with Crippen molar-refractivity contribution in [1.29, 1.82) is 0 Å². The molecule has 2 aromatic heterocycles. The maximum absolute atomic E-state index is 14.7. The van der Waals surface area contributed by atoms with Gasteiger partial charge in [-0.1, -0.05) is 19.9 Å². The topological polar surface area (TPSA) is 112 Å². The zero-order valence-corrected chi connectivity index (χ0v) is 24.2. The minimum atomic E-state index is -3.05. The molecule has 2 N–H and O–H groups in total. The first-order chi connectivity index (χ1) is 18.7. The number of hydrogen-bond donors (Lipinski definition) is 2. The lowest BCUT2D eigenvalue weighted by atomic mass is 9.88. The van der Waals surface area contributed by atoms with Crippen molar-refractivity contribution in [3.63, 3.8) is 0 Å². The fourth-order valence-corrected chi connectivity index (χ4v) is 6.89. The SMILES string of the molecule is CC(C)c1ccc(N2C[C@H](CS(C)(=O)=O)[C@H]2C)c2cnc(Nc3ccnc(N4C[C@@H](F)[C@@H](O)[C@](C)(F)C4)n3)cc12. The van der Waals surface area contributed by atoms with Crippen LogP contribution >= 0.6 is 0 Å². The second-order valence-corrected chi connectivity index (χ2v) is 13.9. The molecule has 40 heavy (non-hydrogen) atoms. The molecule has 0 unspecified atom stereocenters. The summed E-state index contributed by atoms with van der Waals surface area (Å²) in [6, 6.07) is 7.90. The van der Waals surface area contributed by atoms with Crippen molar-refractivity contribution in [3.05, 3.63) is 42.2 Å². The Kier molecular flexibility index (Phi) is 7.37. The van der Waals surface area contributed by atoms with Crippen LogP contribution in [0.2, 0.25) is 0 Å². The number of aliphatic hydroxyl groups excluding tert-OH is 1. The van der Waals surface area contributed by atoms with Gasteiger partial charge in [0.2, 0.25) is 5.95 Å².